The molecule has 1 heteroatoms. The van der Waals surface area contributed by atoms with E-state index < -0.39 is 0 Å². The summed E-state index contributed by atoms with van der Waals surface area (Å²) in [4.78, 5) is 10.3. The van der Waals surface area contributed by atoms with Crippen LogP contribution in [0.25, 0.3) is 0 Å². The quantitative estimate of drug-likeness (QED) is 0.261. The highest BCUT2D eigenvalue weighted by molar-refractivity contribution is 5.65. The molecule has 0 bridgehead atoms. The summed E-state index contributed by atoms with van der Waals surface area (Å²) in [7, 11) is 0. The van der Waals surface area contributed by atoms with Gasteiger partial charge in [-0.15, -0.1) is 0 Å². The second-order valence-corrected chi connectivity index (χ2v) is 6.15. The minimum atomic E-state index is 0.870. The number of carbonyl (C=O) groups excluding carboxylic acids is 1. The molecule has 0 heterocycles. The van der Waals surface area contributed by atoms with Gasteiger partial charge in [0.1, 0.15) is 6.29 Å². The number of aldehydes is 1. The lowest BCUT2D eigenvalue weighted by Crippen LogP contribution is -1.82. The first-order valence-corrected chi connectivity index (χ1v) is 8.01. The highest BCUT2D eigenvalue weighted by Crippen LogP contribution is 2.13. The maximum absolute atomic E-state index is 10.3. The molecule has 1 nitrogen and oxygen atoms in total. The average molecular weight is 288 g/mol. The van der Waals surface area contributed by atoms with Gasteiger partial charge in [0, 0.05) is 0 Å². The van der Waals surface area contributed by atoms with E-state index in [1.807, 2.05) is 6.92 Å². The molecule has 0 atom stereocenters. The molecule has 118 valence electrons. The van der Waals surface area contributed by atoms with Crippen LogP contribution in [-0.4, -0.2) is 6.29 Å². The first-order chi connectivity index (χ1) is 9.95. The molecule has 0 radical (unpaired) electrons. The zero-order valence-corrected chi connectivity index (χ0v) is 14.5. The van der Waals surface area contributed by atoms with Crippen molar-refractivity contribution in [2.24, 2.45) is 0 Å². The van der Waals surface area contributed by atoms with Crippen molar-refractivity contribution in [1.82, 2.24) is 0 Å². The number of allylic oxidation sites excluding steroid dienone is 8. The lowest BCUT2D eigenvalue weighted by Gasteiger charge is -2.02. The van der Waals surface area contributed by atoms with Crippen LogP contribution >= 0.6 is 0 Å². The molecule has 0 spiro atoms. The Labute approximate surface area is 131 Å². The van der Waals surface area contributed by atoms with Gasteiger partial charge in [0.05, 0.1) is 0 Å². The summed E-state index contributed by atoms with van der Waals surface area (Å²) in [5.41, 5.74) is 5.50. The second-order valence-electron chi connectivity index (χ2n) is 6.15. The van der Waals surface area contributed by atoms with E-state index in [9.17, 15) is 4.79 Å². The highest BCUT2D eigenvalue weighted by atomic mass is 16.1. The number of hydrogen-bond acceptors (Lipinski definition) is 1. The summed E-state index contributed by atoms with van der Waals surface area (Å²) in [6.07, 6.45) is 16.1. The van der Waals surface area contributed by atoms with E-state index in [4.69, 9.17) is 0 Å². The molecular weight excluding hydrogens is 256 g/mol. The van der Waals surface area contributed by atoms with E-state index in [0.717, 1.165) is 44.0 Å². The molecule has 0 aliphatic carbocycles. The van der Waals surface area contributed by atoms with Gasteiger partial charge in [0.25, 0.3) is 0 Å². The van der Waals surface area contributed by atoms with E-state index in [1.165, 1.54) is 23.1 Å². The van der Waals surface area contributed by atoms with Crippen molar-refractivity contribution in [2.45, 2.75) is 73.1 Å². The third kappa shape index (κ3) is 13.4. The number of rotatable bonds is 10. The molecule has 0 aromatic carbocycles. The second kappa shape index (κ2) is 12.4. The molecule has 0 aromatic rings. The Morgan fingerprint density at radius 3 is 1.52 bits per heavy atom. The average Bonchev–Trinajstić information content (AvgIpc) is 2.38. The van der Waals surface area contributed by atoms with Crippen molar-refractivity contribution in [3.63, 3.8) is 0 Å². The van der Waals surface area contributed by atoms with Crippen LogP contribution in [0.4, 0.5) is 0 Å². The van der Waals surface area contributed by atoms with Crippen LogP contribution in [0.2, 0.25) is 0 Å². The lowest BCUT2D eigenvalue weighted by atomic mass is 10.0. The highest BCUT2D eigenvalue weighted by Gasteiger charge is 1.93. The SMILES string of the molecule is CC(C)=CCC/C(C)=C\CCC(C)=CCC/C(C)=C/C=O. The van der Waals surface area contributed by atoms with E-state index in [-0.39, 0.29) is 0 Å². The fourth-order valence-electron chi connectivity index (χ4n) is 2.08. The van der Waals surface area contributed by atoms with E-state index in [0.29, 0.717) is 0 Å². The van der Waals surface area contributed by atoms with Gasteiger partial charge in [-0.1, -0.05) is 40.5 Å². The fourth-order valence-corrected chi connectivity index (χ4v) is 2.08. The normalized spacial score (nSPS) is 13.3. The van der Waals surface area contributed by atoms with Gasteiger partial charge in [-0.2, -0.15) is 0 Å². The predicted octanol–water partition coefficient (Wildman–Crippen LogP) is 6.33. The summed E-state index contributed by atoms with van der Waals surface area (Å²) in [6, 6.07) is 0. The summed E-state index contributed by atoms with van der Waals surface area (Å²) in [6.45, 7) is 10.7. The van der Waals surface area contributed by atoms with E-state index in [2.05, 4.69) is 45.9 Å². The van der Waals surface area contributed by atoms with Crippen LogP contribution in [0.5, 0.6) is 0 Å². The van der Waals surface area contributed by atoms with Gasteiger partial charge >= 0.3 is 0 Å². The van der Waals surface area contributed by atoms with Crippen LogP contribution in [0.3, 0.4) is 0 Å². The molecule has 0 amide bonds. The molecule has 0 aromatic heterocycles. The van der Waals surface area contributed by atoms with Crippen LogP contribution in [0, 0.1) is 0 Å². The predicted molar refractivity (Wildman–Crippen MR) is 94.5 cm³/mol. The standard InChI is InChI=1S/C20H32O/c1-17(2)9-6-10-18(3)11-7-12-19(4)13-8-14-20(5)15-16-21/h9,11,13,15-16H,6-8,10,12,14H2,1-5H3/b18-11-,19-13?,20-15+. The Balaban J connectivity index is 3.96. The molecule has 0 fully saturated rings. The minimum absolute atomic E-state index is 0.870. The van der Waals surface area contributed by atoms with Crippen LogP contribution in [-0.2, 0) is 4.79 Å². The molecular formula is C20H32O. The monoisotopic (exact) mass is 288 g/mol. The van der Waals surface area contributed by atoms with Gasteiger partial charge in [-0.05, 0) is 79.2 Å². The first kappa shape index (κ1) is 19.6. The van der Waals surface area contributed by atoms with Crippen molar-refractivity contribution in [2.75, 3.05) is 0 Å². The molecule has 0 aliphatic heterocycles. The third-order valence-corrected chi connectivity index (χ3v) is 3.51. The summed E-state index contributed by atoms with van der Waals surface area (Å²) < 4.78 is 0. The summed E-state index contributed by atoms with van der Waals surface area (Å²) in [5.74, 6) is 0. The smallest absolute Gasteiger partial charge is 0.142 e. The van der Waals surface area contributed by atoms with Crippen molar-refractivity contribution in [3.8, 4) is 0 Å². The zero-order chi connectivity index (χ0) is 16.1. The van der Waals surface area contributed by atoms with Gasteiger partial charge in [0.15, 0.2) is 0 Å². The number of hydrogen-bond donors (Lipinski definition) is 0. The molecule has 0 aliphatic rings. The minimum Gasteiger partial charge on any atom is -0.299 e. The molecule has 0 rings (SSSR count). The summed E-state index contributed by atoms with van der Waals surface area (Å²) >= 11 is 0. The van der Waals surface area contributed by atoms with Crippen LogP contribution in [0.1, 0.15) is 73.1 Å². The van der Waals surface area contributed by atoms with E-state index >= 15 is 0 Å². The van der Waals surface area contributed by atoms with Crippen LogP contribution in [0.15, 0.2) is 46.6 Å². The van der Waals surface area contributed by atoms with Gasteiger partial charge in [-0.25, -0.2) is 0 Å². The Morgan fingerprint density at radius 1 is 0.667 bits per heavy atom. The number of carbonyl (C=O) groups is 1. The Morgan fingerprint density at radius 2 is 1.10 bits per heavy atom. The van der Waals surface area contributed by atoms with Crippen molar-refractivity contribution >= 4 is 6.29 Å². The Hall–Kier alpha value is -1.37. The molecule has 0 unspecified atom stereocenters. The third-order valence-electron chi connectivity index (χ3n) is 3.51. The van der Waals surface area contributed by atoms with Crippen molar-refractivity contribution in [3.05, 3.63) is 46.6 Å². The maximum Gasteiger partial charge on any atom is 0.142 e. The lowest BCUT2D eigenvalue weighted by molar-refractivity contribution is -0.104. The van der Waals surface area contributed by atoms with Gasteiger partial charge in [-0.3, -0.25) is 4.79 Å². The first-order valence-electron chi connectivity index (χ1n) is 8.01. The van der Waals surface area contributed by atoms with Gasteiger partial charge in [0.2, 0.25) is 0 Å². The van der Waals surface area contributed by atoms with Crippen molar-refractivity contribution in [1.29, 1.82) is 0 Å². The van der Waals surface area contributed by atoms with Crippen molar-refractivity contribution < 1.29 is 4.79 Å². The molecule has 21 heavy (non-hydrogen) atoms. The topological polar surface area (TPSA) is 17.1 Å². The fraction of sp³-hybridized carbons (Fsp3) is 0.550. The molecule has 0 saturated carbocycles. The Kier molecular flexibility index (Phi) is 11.6. The molecule has 0 N–H and O–H groups in total. The van der Waals surface area contributed by atoms with Gasteiger partial charge < -0.3 is 0 Å². The summed E-state index contributed by atoms with van der Waals surface area (Å²) in [5, 5.41) is 0. The zero-order valence-electron chi connectivity index (χ0n) is 14.5. The maximum atomic E-state index is 10.3. The largest absolute Gasteiger partial charge is 0.299 e. The molecule has 0 saturated heterocycles. The van der Waals surface area contributed by atoms with Crippen LogP contribution < -0.4 is 0 Å². The Bertz CT molecular complexity index is 415. The van der Waals surface area contributed by atoms with E-state index in [1.54, 1.807) is 6.08 Å².